The van der Waals surface area contributed by atoms with E-state index in [1.807, 2.05) is 32.9 Å². The first-order valence-corrected chi connectivity index (χ1v) is 10.9. The summed E-state index contributed by atoms with van der Waals surface area (Å²) in [5.74, 6) is -2.18. The van der Waals surface area contributed by atoms with Crippen LogP contribution in [-0.4, -0.2) is 60.0 Å². The van der Waals surface area contributed by atoms with E-state index in [0.717, 1.165) is 19.3 Å². The van der Waals surface area contributed by atoms with Gasteiger partial charge in [-0.15, -0.1) is 0 Å². The van der Waals surface area contributed by atoms with E-state index in [0.29, 0.717) is 6.54 Å². The topological polar surface area (TPSA) is 98.7 Å². The number of nitrogens with zero attached hydrogens (tertiary/aromatic N) is 1. The van der Waals surface area contributed by atoms with Crippen LogP contribution < -0.4 is 10.6 Å². The molecule has 1 saturated heterocycles. The smallest absolute Gasteiger partial charge is 0.243 e. The molecule has 3 N–H and O–H groups in total. The molecule has 1 aliphatic carbocycles. The number of fused-ring (bicyclic) bond motifs is 1. The van der Waals surface area contributed by atoms with Crippen LogP contribution in [0.3, 0.4) is 0 Å². The van der Waals surface area contributed by atoms with E-state index < -0.39 is 23.9 Å². The van der Waals surface area contributed by atoms with Gasteiger partial charge in [-0.2, -0.15) is 0 Å². The molecule has 0 aromatic heterocycles. The van der Waals surface area contributed by atoms with Crippen LogP contribution in [0.1, 0.15) is 47.0 Å². The molecule has 0 radical (unpaired) electrons. The van der Waals surface area contributed by atoms with Crippen molar-refractivity contribution in [1.29, 1.82) is 0 Å². The zero-order valence-electron chi connectivity index (χ0n) is 18.4. The molecule has 0 aromatic rings. The zero-order chi connectivity index (χ0) is 21.7. The number of amides is 3. The van der Waals surface area contributed by atoms with E-state index in [1.165, 1.54) is 0 Å². The Morgan fingerprint density at radius 3 is 2.45 bits per heavy atom. The summed E-state index contributed by atoms with van der Waals surface area (Å²) in [6, 6.07) is -1.17. The van der Waals surface area contributed by atoms with Gasteiger partial charge >= 0.3 is 0 Å². The fraction of sp³-hybridized carbons (Fsp3) is 0.773. The Morgan fingerprint density at radius 2 is 1.90 bits per heavy atom. The molecule has 6 atom stereocenters. The maximum atomic E-state index is 13.5. The molecule has 0 saturated carbocycles. The van der Waals surface area contributed by atoms with Crippen LogP contribution in [0.25, 0.3) is 0 Å². The van der Waals surface area contributed by atoms with Gasteiger partial charge in [0.2, 0.25) is 17.7 Å². The largest absolute Gasteiger partial charge is 0.394 e. The monoisotopic (exact) mass is 407 g/mol. The summed E-state index contributed by atoms with van der Waals surface area (Å²) >= 11 is 0. The van der Waals surface area contributed by atoms with E-state index >= 15 is 0 Å². The summed E-state index contributed by atoms with van der Waals surface area (Å²) in [6.45, 7) is 8.24. The minimum atomic E-state index is -0.704. The van der Waals surface area contributed by atoms with Crippen molar-refractivity contribution in [3.63, 3.8) is 0 Å². The van der Waals surface area contributed by atoms with Gasteiger partial charge in [-0.25, -0.2) is 0 Å². The molecule has 1 aliphatic heterocycles. The van der Waals surface area contributed by atoms with Crippen molar-refractivity contribution in [2.24, 2.45) is 29.6 Å². The molecule has 1 heterocycles. The number of carbonyl (C=O) groups excluding carboxylic acids is 3. The number of likely N-dealkylation sites (tertiary alicyclic amines) is 1. The quantitative estimate of drug-likeness (QED) is 0.397. The summed E-state index contributed by atoms with van der Waals surface area (Å²) in [5, 5.41) is 15.7. The van der Waals surface area contributed by atoms with E-state index in [-0.39, 0.29) is 42.1 Å². The van der Waals surface area contributed by atoms with Gasteiger partial charge in [0, 0.05) is 19.5 Å². The van der Waals surface area contributed by atoms with Crippen LogP contribution in [0.15, 0.2) is 12.2 Å². The second-order valence-corrected chi connectivity index (χ2v) is 8.67. The molecular formula is C22H37N3O4. The molecule has 7 heteroatoms. The Bertz CT molecular complexity index is 634. The summed E-state index contributed by atoms with van der Waals surface area (Å²) in [7, 11) is 1.57. The van der Waals surface area contributed by atoms with Gasteiger partial charge < -0.3 is 20.6 Å². The van der Waals surface area contributed by atoms with Gasteiger partial charge in [-0.05, 0) is 18.3 Å². The Hall–Kier alpha value is -1.89. The highest BCUT2D eigenvalue weighted by molar-refractivity contribution is 5.97. The van der Waals surface area contributed by atoms with Crippen LogP contribution in [0.4, 0.5) is 0 Å². The Balaban J connectivity index is 2.40. The second kappa shape index (κ2) is 10.2. The second-order valence-electron chi connectivity index (χ2n) is 8.67. The Labute approximate surface area is 174 Å². The lowest BCUT2D eigenvalue weighted by Gasteiger charge is -2.35. The number of rotatable bonds is 9. The number of aliphatic hydroxyl groups is 1. The minimum Gasteiger partial charge on any atom is -0.394 e. The predicted molar refractivity (Wildman–Crippen MR) is 112 cm³/mol. The first-order chi connectivity index (χ1) is 13.8. The fourth-order valence-electron chi connectivity index (χ4n) is 4.77. The number of nitrogens with one attached hydrogen (secondary N) is 2. The van der Waals surface area contributed by atoms with Crippen molar-refractivity contribution in [2.75, 3.05) is 20.2 Å². The summed E-state index contributed by atoms with van der Waals surface area (Å²) in [5.41, 5.74) is 0. The number of carbonyl (C=O) groups is 3. The molecule has 0 spiro atoms. The first-order valence-electron chi connectivity index (χ1n) is 10.9. The van der Waals surface area contributed by atoms with E-state index in [9.17, 15) is 19.5 Å². The lowest BCUT2D eigenvalue weighted by Crippen LogP contribution is -2.54. The van der Waals surface area contributed by atoms with Gasteiger partial charge in [0.15, 0.2) is 0 Å². The first kappa shape index (κ1) is 23.4. The maximum absolute atomic E-state index is 13.5. The molecule has 2 aliphatic rings. The zero-order valence-corrected chi connectivity index (χ0v) is 18.4. The van der Waals surface area contributed by atoms with Crippen molar-refractivity contribution in [3.05, 3.63) is 12.2 Å². The van der Waals surface area contributed by atoms with E-state index in [1.54, 1.807) is 11.9 Å². The minimum absolute atomic E-state index is 0.0145. The third kappa shape index (κ3) is 4.65. The summed E-state index contributed by atoms with van der Waals surface area (Å²) in [6.07, 6.45) is 6.85. The normalized spacial score (nSPS) is 29.7. The van der Waals surface area contributed by atoms with Crippen molar-refractivity contribution < 1.29 is 19.5 Å². The van der Waals surface area contributed by atoms with Crippen molar-refractivity contribution >= 4 is 17.7 Å². The number of hydrogen-bond acceptors (Lipinski definition) is 4. The van der Waals surface area contributed by atoms with Gasteiger partial charge in [0.05, 0.1) is 24.5 Å². The summed E-state index contributed by atoms with van der Waals surface area (Å²) < 4.78 is 0. The van der Waals surface area contributed by atoms with Gasteiger partial charge in [-0.3, -0.25) is 14.4 Å². The predicted octanol–water partition coefficient (Wildman–Crippen LogP) is 1.32. The number of aliphatic hydroxyl groups excluding tert-OH is 1. The van der Waals surface area contributed by atoms with E-state index in [4.69, 9.17) is 0 Å². The third-order valence-electron chi connectivity index (χ3n) is 6.42. The van der Waals surface area contributed by atoms with Crippen molar-refractivity contribution in [3.8, 4) is 0 Å². The van der Waals surface area contributed by atoms with Crippen molar-refractivity contribution in [2.45, 2.75) is 59.0 Å². The average Bonchev–Trinajstić information content (AvgIpc) is 2.97. The highest BCUT2D eigenvalue weighted by Crippen LogP contribution is 2.45. The molecule has 7 nitrogen and oxygen atoms in total. The molecule has 0 unspecified atom stereocenters. The van der Waals surface area contributed by atoms with Crippen molar-refractivity contribution in [1.82, 2.24) is 15.5 Å². The van der Waals surface area contributed by atoms with Crippen LogP contribution in [0.2, 0.25) is 0 Å². The highest BCUT2D eigenvalue weighted by Gasteiger charge is 2.58. The van der Waals surface area contributed by atoms with Gasteiger partial charge in [0.25, 0.3) is 0 Å². The molecule has 2 rings (SSSR count). The molecule has 1 fully saturated rings. The fourth-order valence-corrected chi connectivity index (χ4v) is 4.77. The number of unbranched alkanes of at least 4 members (excludes halogenated alkanes) is 2. The van der Waals surface area contributed by atoms with Crippen LogP contribution in [0.5, 0.6) is 0 Å². The molecular weight excluding hydrogens is 370 g/mol. The molecule has 3 amide bonds. The van der Waals surface area contributed by atoms with E-state index in [2.05, 4.69) is 17.6 Å². The van der Waals surface area contributed by atoms with Crippen LogP contribution in [-0.2, 0) is 14.4 Å². The molecule has 0 bridgehead atoms. The SMILES string of the molecule is CCCCCNC(=O)[C@@H]1[C@H]2C=C[C@@H](C)[C@@H](C(=O)NC)[C@@H]2C(=O)N1[C@@H](CO)C(C)C. The number of allylic oxidation sites excluding steroid dienone is 1. The Morgan fingerprint density at radius 1 is 1.21 bits per heavy atom. The summed E-state index contributed by atoms with van der Waals surface area (Å²) in [4.78, 5) is 40.9. The third-order valence-corrected chi connectivity index (χ3v) is 6.42. The molecule has 0 aromatic carbocycles. The maximum Gasteiger partial charge on any atom is 0.243 e. The molecule has 29 heavy (non-hydrogen) atoms. The highest BCUT2D eigenvalue weighted by atomic mass is 16.3. The van der Waals surface area contributed by atoms with Gasteiger partial charge in [-0.1, -0.05) is 52.7 Å². The van der Waals surface area contributed by atoms with Gasteiger partial charge in [0.1, 0.15) is 6.04 Å². The molecule has 164 valence electrons. The lowest BCUT2D eigenvalue weighted by atomic mass is 9.70. The Kier molecular flexibility index (Phi) is 8.25. The van der Waals surface area contributed by atoms with Crippen LogP contribution >= 0.6 is 0 Å². The standard InChI is InChI=1S/C22H37N3O4/c1-6-7-8-11-24-21(28)19-15-10-9-14(4)17(20(27)23-5)18(15)22(29)25(19)16(12-26)13(2)3/h9-10,13-19,26H,6-8,11-12H2,1-5H3,(H,23,27)(H,24,28)/t14-,15+,16+,17-,18-,19+/m1/s1. The average molecular weight is 408 g/mol. The van der Waals surface area contributed by atoms with Crippen LogP contribution in [0, 0.1) is 29.6 Å². The lowest BCUT2D eigenvalue weighted by molar-refractivity contribution is -0.144. The number of hydrogen-bond donors (Lipinski definition) is 3.